The summed E-state index contributed by atoms with van der Waals surface area (Å²) in [5.41, 5.74) is 0. The molecular formula is C7H11N3O2. The Balaban J connectivity index is 2.99. The van der Waals surface area contributed by atoms with Gasteiger partial charge in [0.05, 0.1) is 0 Å². The second kappa shape index (κ2) is 2.51. The van der Waals surface area contributed by atoms with Gasteiger partial charge >= 0.3 is 12.1 Å². The largest absolute Gasteiger partial charge is 0.333 e. The summed E-state index contributed by atoms with van der Waals surface area (Å²) in [6.07, 6.45) is 0. The van der Waals surface area contributed by atoms with Gasteiger partial charge < -0.3 is 0 Å². The molecule has 1 fully saturated rings. The highest BCUT2D eigenvalue weighted by Crippen LogP contribution is 2.15. The van der Waals surface area contributed by atoms with Gasteiger partial charge in [-0.15, -0.1) is 0 Å². The van der Waals surface area contributed by atoms with Crippen molar-refractivity contribution in [3.63, 3.8) is 0 Å². The summed E-state index contributed by atoms with van der Waals surface area (Å²) in [5, 5.41) is 0. The lowest BCUT2D eigenvalue weighted by molar-refractivity contribution is 0.134. The monoisotopic (exact) mass is 169 g/mol. The molecule has 5 nitrogen and oxygen atoms in total. The molecule has 1 saturated heterocycles. The Labute approximate surface area is 70.8 Å². The van der Waals surface area contributed by atoms with Gasteiger partial charge in [0.2, 0.25) is 0 Å². The highest BCUT2D eigenvalue weighted by atomic mass is 16.2. The van der Waals surface area contributed by atoms with E-state index in [-0.39, 0.29) is 12.1 Å². The summed E-state index contributed by atoms with van der Waals surface area (Å²) in [5.74, 6) is 0.392. The predicted molar refractivity (Wildman–Crippen MR) is 43.2 cm³/mol. The molecule has 0 bridgehead atoms. The van der Waals surface area contributed by atoms with Crippen LogP contribution in [0.3, 0.4) is 0 Å². The molecule has 0 aromatic heterocycles. The van der Waals surface area contributed by atoms with Crippen LogP contribution in [-0.4, -0.2) is 47.9 Å². The minimum Gasteiger partial charge on any atom is -0.283 e. The first-order valence-electron chi connectivity index (χ1n) is 3.45. The van der Waals surface area contributed by atoms with E-state index in [1.54, 1.807) is 14.1 Å². The van der Waals surface area contributed by atoms with E-state index >= 15 is 0 Å². The molecule has 0 N–H and O–H groups in total. The molecule has 5 heteroatoms. The van der Waals surface area contributed by atoms with Crippen molar-refractivity contribution in [1.29, 1.82) is 0 Å². The average Bonchev–Trinajstić information content (AvgIpc) is 2.08. The van der Waals surface area contributed by atoms with Crippen LogP contribution in [0.25, 0.3) is 0 Å². The van der Waals surface area contributed by atoms with Crippen molar-refractivity contribution in [3.8, 4) is 0 Å². The van der Waals surface area contributed by atoms with Gasteiger partial charge in [-0.2, -0.15) is 0 Å². The Morgan fingerprint density at radius 3 is 1.58 bits per heavy atom. The quantitative estimate of drug-likeness (QED) is 0.530. The number of nitrogens with zero attached hydrogens (tertiary/aromatic N) is 3. The number of carbonyl (C=O) groups excluding carboxylic acids is 2. The van der Waals surface area contributed by atoms with Crippen LogP contribution < -0.4 is 0 Å². The maximum absolute atomic E-state index is 11.2. The van der Waals surface area contributed by atoms with Gasteiger partial charge in [0, 0.05) is 21.1 Å². The standard InChI is InChI=1S/C7H11N3O2/c1-5-8(2)6(11)10(4)7(12)9(5)3/h1H2,2-4H3. The fourth-order valence-corrected chi connectivity index (χ4v) is 0.978. The third kappa shape index (κ3) is 0.939. The Morgan fingerprint density at radius 2 is 1.25 bits per heavy atom. The topological polar surface area (TPSA) is 43.9 Å². The van der Waals surface area contributed by atoms with Gasteiger partial charge in [0.25, 0.3) is 0 Å². The van der Waals surface area contributed by atoms with E-state index in [0.717, 1.165) is 4.90 Å². The molecule has 4 amide bonds. The number of rotatable bonds is 0. The van der Waals surface area contributed by atoms with Crippen LogP contribution in [0, 0.1) is 0 Å². The zero-order valence-electron chi connectivity index (χ0n) is 7.37. The van der Waals surface area contributed by atoms with Crippen LogP contribution in [0.1, 0.15) is 0 Å². The van der Waals surface area contributed by atoms with Gasteiger partial charge in [0.1, 0.15) is 5.82 Å². The molecule has 0 aliphatic carbocycles. The van der Waals surface area contributed by atoms with E-state index in [1.807, 2.05) is 0 Å². The van der Waals surface area contributed by atoms with Crippen LogP contribution in [0.2, 0.25) is 0 Å². The molecule has 12 heavy (non-hydrogen) atoms. The van der Waals surface area contributed by atoms with Crippen LogP contribution in [0.15, 0.2) is 12.4 Å². The summed E-state index contributed by atoms with van der Waals surface area (Å²) in [7, 11) is 4.58. The average molecular weight is 169 g/mol. The number of carbonyl (C=O) groups is 2. The second-order valence-electron chi connectivity index (χ2n) is 2.66. The summed E-state index contributed by atoms with van der Waals surface area (Å²) in [6, 6.07) is -0.716. The first-order valence-corrected chi connectivity index (χ1v) is 3.45. The highest BCUT2D eigenvalue weighted by Gasteiger charge is 2.33. The molecule has 1 aliphatic heterocycles. The molecule has 0 aromatic carbocycles. The number of hydrogen-bond donors (Lipinski definition) is 0. The normalized spacial score (nSPS) is 19.2. The molecule has 1 aliphatic rings. The zero-order valence-corrected chi connectivity index (χ0v) is 7.37. The second-order valence-corrected chi connectivity index (χ2v) is 2.66. The molecule has 1 heterocycles. The third-order valence-corrected chi connectivity index (χ3v) is 1.92. The number of hydrogen-bond acceptors (Lipinski definition) is 2. The van der Waals surface area contributed by atoms with Crippen molar-refractivity contribution in [2.75, 3.05) is 21.1 Å². The Morgan fingerprint density at radius 1 is 0.917 bits per heavy atom. The third-order valence-electron chi connectivity index (χ3n) is 1.92. The van der Waals surface area contributed by atoms with Crippen molar-refractivity contribution in [2.24, 2.45) is 0 Å². The SMILES string of the molecule is C=C1N(C)C(=O)N(C)C(=O)N1C. The van der Waals surface area contributed by atoms with Gasteiger partial charge in [-0.3, -0.25) is 9.80 Å². The van der Waals surface area contributed by atoms with Crippen LogP contribution in [0.4, 0.5) is 9.59 Å². The molecule has 0 spiro atoms. The fourth-order valence-electron chi connectivity index (χ4n) is 0.978. The molecule has 0 unspecified atom stereocenters. The maximum atomic E-state index is 11.2. The van der Waals surface area contributed by atoms with E-state index in [2.05, 4.69) is 6.58 Å². The van der Waals surface area contributed by atoms with Crippen molar-refractivity contribution in [2.45, 2.75) is 0 Å². The molecule has 0 aromatic rings. The van der Waals surface area contributed by atoms with Crippen LogP contribution in [0.5, 0.6) is 0 Å². The van der Waals surface area contributed by atoms with Gasteiger partial charge in [0.15, 0.2) is 0 Å². The molecule has 66 valence electrons. The molecule has 0 saturated carbocycles. The lowest BCUT2D eigenvalue weighted by atomic mass is 10.5. The minimum absolute atomic E-state index is 0.358. The van der Waals surface area contributed by atoms with Gasteiger partial charge in [-0.1, -0.05) is 6.58 Å². The fraction of sp³-hybridized carbons (Fsp3) is 0.429. The van der Waals surface area contributed by atoms with Crippen molar-refractivity contribution >= 4 is 12.1 Å². The van der Waals surface area contributed by atoms with E-state index in [1.165, 1.54) is 16.8 Å². The summed E-state index contributed by atoms with van der Waals surface area (Å²) in [4.78, 5) is 26.1. The van der Waals surface area contributed by atoms with Crippen LogP contribution >= 0.6 is 0 Å². The number of imide groups is 1. The Kier molecular flexibility index (Phi) is 1.79. The summed E-state index contributed by atoms with van der Waals surface area (Å²) < 4.78 is 0. The van der Waals surface area contributed by atoms with Crippen molar-refractivity contribution < 1.29 is 9.59 Å². The number of urea groups is 2. The molecular weight excluding hydrogens is 158 g/mol. The first-order chi connectivity index (χ1) is 5.46. The van der Waals surface area contributed by atoms with E-state index < -0.39 is 0 Å². The van der Waals surface area contributed by atoms with Crippen molar-refractivity contribution in [3.05, 3.63) is 12.4 Å². The maximum Gasteiger partial charge on any atom is 0.333 e. The van der Waals surface area contributed by atoms with E-state index in [9.17, 15) is 9.59 Å². The van der Waals surface area contributed by atoms with Crippen molar-refractivity contribution in [1.82, 2.24) is 14.7 Å². The number of amides is 4. The highest BCUT2D eigenvalue weighted by molar-refractivity contribution is 5.97. The molecule has 0 radical (unpaired) electrons. The zero-order chi connectivity index (χ0) is 9.46. The van der Waals surface area contributed by atoms with E-state index in [0.29, 0.717) is 5.82 Å². The van der Waals surface area contributed by atoms with E-state index in [4.69, 9.17) is 0 Å². The molecule has 0 atom stereocenters. The lowest BCUT2D eigenvalue weighted by Crippen LogP contribution is -2.55. The van der Waals surface area contributed by atoms with Crippen LogP contribution in [-0.2, 0) is 0 Å². The Bertz CT molecular complexity index is 201. The lowest BCUT2D eigenvalue weighted by Gasteiger charge is -2.36. The van der Waals surface area contributed by atoms with Gasteiger partial charge in [-0.05, 0) is 0 Å². The summed E-state index contributed by atoms with van der Waals surface area (Å²) in [6.45, 7) is 3.60. The van der Waals surface area contributed by atoms with Gasteiger partial charge in [-0.25, -0.2) is 14.5 Å². The molecule has 1 rings (SSSR count). The summed E-state index contributed by atoms with van der Waals surface area (Å²) >= 11 is 0. The smallest absolute Gasteiger partial charge is 0.283 e. The predicted octanol–water partition coefficient (Wildman–Crippen LogP) is 0.507. The Hall–Kier alpha value is -1.52. The first kappa shape index (κ1) is 8.58. The minimum atomic E-state index is -0.358.